The molecule has 0 aromatic heterocycles. The van der Waals surface area contributed by atoms with E-state index in [4.69, 9.17) is 9.16 Å². The number of fused-ring (bicyclic) bond motifs is 1. The van der Waals surface area contributed by atoms with Crippen LogP contribution in [0.15, 0.2) is 72.8 Å². The van der Waals surface area contributed by atoms with Crippen LogP contribution in [-0.2, 0) is 9.16 Å². The number of benzene rings is 3. The second kappa shape index (κ2) is 9.19. The van der Waals surface area contributed by atoms with Crippen LogP contribution >= 0.6 is 0 Å². The van der Waals surface area contributed by atoms with Crippen LogP contribution in [0, 0.1) is 5.92 Å². The van der Waals surface area contributed by atoms with E-state index in [9.17, 15) is 4.79 Å². The van der Waals surface area contributed by atoms with Crippen molar-refractivity contribution in [2.45, 2.75) is 77.7 Å². The highest BCUT2D eigenvalue weighted by Crippen LogP contribution is 2.56. The summed E-state index contributed by atoms with van der Waals surface area (Å²) in [5, 5.41) is 2.31. The van der Waals surface area contributed by atoms with Gasteiger partial charge in [-0.2, -0.15) is 0 Å². The smallest absolute Gasteiger partial charge is 0.255 e. The Morgan fingerprint density at radius 1 is 0.914 bits per heavy atom. The molecule has 1 fully saturated rings. The highest BCUT2D eigenvalue weighted by Gasteiger charge is 2.68. The third-order valence-electron chi connectivity index (χ3n) is 6.28. The fourth-order valence-corrected chi connectivity index (χ4v) is 6.60. The second-order valence-electron chi connectivity index (χ2n) is 11.9. The molecule has 0 unspecified atom stereocenters. The minimum Gasteiger partial charge on any atom is -0.387 e. The number of ether oxygens (including phenoxy) is 1. The molecule has 1 aliphatic heterocycles. The maximum atomic E-state index is 14.0. The number of hydrogen-bond acceptors (Lipinski definition) is 3. The first-order valence-corrected chi connectivity index (χ1v) is 16.0. The predicted molar refractivity (Wildman–Crippen MR) is 146 cm³/mol. The van der Waals surface area contributed by atoms with E-state index in [2.05, 4.69) is 84.6 Å². The van der Waals surface area contributed by atoms with Crippen molar-refractivity contribution < 1.29 is 14.0 Å². The Bertz CT molecular complexity index is 1180. The van der Waals surface area contributed by atoms with Gasteiger partial charge in [0.1, 0.15) is 6.04 Å². The average Bonchev–Trinajstić information content (AvgIpc) is 2.75. The lowest BCUT2D eigenvalue weighted by atomic mass is 9.74. The minimum absolute atomic E-state index is 0.00905. The van der Waals surface area contributed by atoms with Gasteiger partial charge in [0.25, 0.3) is 5.91 Å². The SMILES string of the molecule is CC(C)[C@@H]1N(C(=O)c2ccccc2)[C@H](c2ccc3ccccc3c2)[C@]1(OC(C)(C)C)O[Si](C)(C)C. The molecule has 1 saturated heterocycles. The Hall–Kier alpha value is -2.47. The van der Waals surface area contributed by atoms with Gasteiger partial charge in [-0.1, -0.05) is 68.4 Å². The fourth-order valence-electron chi connectivity index (χ4n) is 5.37. The Labute approximate surface area is 211 Å². The van der Waals surface area contributed by atoms with Crippen LogP contribution in [0.5, 0.6) is 0 Å². The number of carbonyl (C=O) groups is 1. The zero-order valence-corrected chi connectivity index (χ0v) is 23.3. The molecule has 0 N–H and O–H groups in total. The van der Waals surface area contributed by atoms with Gasteiger partial charge in [-0.25, -0.2) is 0 Å². The van der Waals surface area contributed by atoms with E-state index in [1.165, 1.54) is 5.39 Å². The Balaban J connectivity index is 1.94. The van der Waals surface area contributed by atoms with Gasteiger partial charge in [0.15, 0.2) is 8.32 Å². The molecule has 0 spiro atoms. The molecule has 0 aliphatic carbocycles. The first-order valence-electron chi connectivity index (χ1n) is 12.6. The van der Waals surface area contributed by atoms with Crippen molar-refractivity contribution in [1.29, 1.82) is 0 Å². The molecule has 3 aromatic rings. The lowest BCUT2D eigenvalue weighted by Gasteiger charge is -2.66. The minimum atomic E-state index is -2.08. The summed E-state index contributed by atoms with van der Waals surface area (Å²) in [6.07, 6.45) is 0. The predicted octanol–water partition coefficient (Wildman–Crippen LogP) is 7.42. The molecule has 5 heteroatoms. The van der Waals surface area contributed by atoms with Crippen LogP contribution in [0.1, 0.15) is 56.6 Å². The van der Waals surface area contributed by atoms with Crippen LogP contribution in [0.3, 0.4) is 0 Å². The second-order valence-corrected chi connectivity index (χ2v) is 16.4. The van der Waals surface area contributed by atoms with Crippen LogP contribution in [-0.4, -0.2) is 36.6 Å². The van der Waals surface area contributed by atoms with E-state index in [-0.39, 0.29) is 23.9 Å². The van der Waals surface area contributed by atoms with Gasteiger partial charge in [0.2, 0.25) is 5.79 Å². The van der Waals surface area contributed by atoms with Crippen molar-refractivity contribution in [3.63, 3.8) is 0 Å². The first kappa shape index (κ1) is 25.6. The molecular formula is C30H39NO3Si. The van der Waals surface area contributed by atoms with Crippen molar-refractivity contribution in [2.24, 2.45) is 5.92 Å². The van der Waals surface area contributed by atoms with E-state index in [0.29, 0.717) is 5.56 Å². The van der Waals surface area contributed by atoms with Crippen molar-refractivity contribution in [3.05, 3.63) is 83.9 Å². The molecule has 1 amide bonds. The zero-order chi connectivity index (χ0) is 25.6. The van der Waals surface area contributed by atoms with Gasteiger partial charge in [-0.05, 0) is 80.9 Å². The summed E-state index contributed by atoms with van der Waals surface area (Å²) in [4.78, 5) is 16.0. The lowest BCUT2D eigenvalue weighted by Crippen LogP contribution is -2.78. The molecule has 4 rings (SSSR count). The maximum absolute atomic E-state index is 14.0. The molecule has 0 saturated carbocycles. The van der Waals surface area contributed by atoms with Crippen LogP contribution in [0.4, 0.5) is 0 Å². The van der Waals surface area contributed by atoms with Crippen molar-refractivity contribution in [1.82, 2.24) is 4.90 Å². The van der Waals surface area contributed by atoms with Gasteiger partial charge in [-0.3, -0.25) is 4.79 Å². The summed E-state index contributed by atoms with van der Waals surface area (Å²) in [7, 11) is -2.08. The number of carbonyl (C=O) groups excluding carboxylic acids is 1. The highest BCUT2D eigenvalue weighted by atomic mass is 28.4. The molecule has 1 heterocycles. The average molecular weight is 490 g/mol. The van der Waals surface area contributed by atoms with Crippen molar-refractivity contribution in [2.75, 3.05) is 0 Å². The summed E-state index contributed by atoms with van der Waals surface area (Å²) in [6, 6.07) is 23.7. The van der Waals surface area contributed by atoms with Crippen molar-refractivity contribution >= 4 is 25.0 Å². The van der Waals surface area contributed by atoms with Crippen molar-refractivity contribution in [3.8, 4) is 0 Å². The number of hydrogen-bond donors (Lipinski definition) is 0. The molecule has 3 atom stereocenters. The number of amides is 1. The summed E-state index contributed by atoms with van der Waals surface area (Å²) in [5.41, 5.74) is 1.26. The molecule has 0 bridgehead atoms. The van der Waals surface area contributed by atoms with E-state index in [1.54, 1.807) is 0 Å². The van der Waals surface area contributed by atoms with Gasteiger partial charge >= 0.3 is 0 Å². The van der Waals surface area contributed by atoms with Gasteiger partial charge in [-0.15, -0.1) is 0 Å². The molecule has 4 nitrogen and oxygen atoms in total. The van der Waals surface area contributed by atoms with Crippen LogP contribution in [0.25, 0.3) is 10.8 Å². The Morgan fingerprint density at radius 2 is 1.51 bits per heavy atom. The number of rotatable bonds is 6. The quantitative estimate of drug-likeness (QED) is 0.267. The van der Waals surface area contributed by atoms with Crippen LogP contribution < -0.4 is 0 Å². The van der Waals surface area contributed by atoms with E-state index in [1.807, 2.05) is 47.4 Å². The van der Waals surface area contributed by atoms with Gasteiger partial charge in [0.05, 0.1) is 11.6 Å². The monoisotopic (exact) mass is 489 g/mol. The molecular weight excluding hydrogens is 450 g/mol. The maximum Gasteiger partial charge on any atom is 0.255 e. The third-order valence-corrected chi connectivity index (χ3v) is 7.21. The summed E-state index contributed by atoms with van der Waals surface area (Å²) in [6.45, 7) is 17.1. The van der Waals surface area contributed by atoms with Gasteiger partial charge in [0, 0.05) is 5.56 Å². The number of nitrogens with zero attached hydrogens (tertiary/aromatic N) is 1. The highest BCUT2D eigenvalue weighted by molar-refractivity contribution is 6.69. The molecule has 0 radical (unpaired) electrons. The summed E-state index contributed by atoms with van der Waals surface area (Å²) < 4.78 is 14.0. The molecule has 1 aliphatic rings. The first-order chi connectivity index (χ1) is 16.3. The summed E-state index contributed by atoms with van der Waals surface area (Å²) >= 11 is 0. The van der Waals surface area contributed by atoms with E-state index in [0.717, 1.165) is 10.9 Å². The van der Waals surface area contributed by atoms with E-state index >= 15 is 0 Å². The topological polar surface area (TPSA) is 38.8 Å². The molecule has 35 heavy (non-hydrogen) atoms. The van der Waals surface area contributed by atoms with Crippen LogP contribution in [0.2, 0.25) is 19.6 Å². The lowest BCUT2D eigenvalue weighted by molar-refractivity contribution is -0.357. The number of likely N-dealkylation sites (tertiary alicyclic amines) is 1. The Kier molecular flexibility index (Phi) is 6.73. The molecule has 3 aromatic carbocycles. The normalized spacial score (nSPS) is 22.9. The fraction of sp³-hybridized carbons (Fsp3) is 0.433. The molecule has 186 valence electrons. The third kappa shape index (κ3) is 5.08. The zero-order valence-electron chi connectivity index (χ0n) is 22.3. The Morgan fingerprint density at radius 3 is 2.09 bits per heavy atom. The van der Waals surface area contributed by atoms with E-state index < -0.39 is 19.7 Å². The summed E-state index contributed by atoms with van der Waals surface area (Å²) in [5.74, 6) is -0.795. The largest absolute Gasteiger partial charge is 0.387 e. The standard InChI is InChI=1S/C30H39NO3Si/c1-21(2)26-30(33-29(3,4)5,34-35(6,7)8)27(31(26)28(32)23-15-10-9-11-16-23)25-19-18-22-14-12-13-17-24(22)20-25/h9-21,26-27H,1-8H3/t26-,27+,30+/m0/s1. The van der Waals surface area contributed by atoms with Gasteiger partial charge < -0.3 is 14.1 Å².